The molecule has 0 fully saturated rings. The molecule has 0 aliphatic rings. The number of ether oxygens (including phenoxy) is 3. The Morgan fingerprint density at radius 3 is 2.32 bits per heavy atom. The highest BCUT2D eigenvalue weighted by Gasteiger charge is 2.18. The van der Waals surface area contributed by atoms with E-state index in [0.29, 0.717) is 34.2 Å². The number of carbonyl (C=O) groups is 1. The maximum atomic E-state index is 11.7. The Bertz CT molecular complexity index is 686. The highest BCUT2D eigenvalue weighted by Crippen LogP contribution is 2.43. The largest absolute Gasteiger partial charge is 0.493 e. The van der Waals surface area contributed by atoms with Gasteiger partial charge in [0, 0.05) is 12.6 Å². The molecule has 22 heavy (non-hydrogen) atoms. The smallest absolute Gasteiger partial charge is 0.269 e. The van der Waals surface area contributed by atoms with Gasteiger partial charge in [0.15, 0.2) is 11.5 Å². The van der Waals surface area contributed by atoms with Crippen LogP contribution in [0.15, 0.2) is 30.3 Å². The fourth-order valence-corrected chi connectivity index (χ4v) is 2.14. The Balaban J connectivity index is 2.60. The van der Waals surface area contributed by atoms with E-state index in [4.69, 9.17) is 14.2 Å². The normalized spacial score (nSPS) is 10.0. The summed E-state index contributed by atoms with van der Waals surface area (Å²) in [5, 5.41) is 2.55. The van der Waals surface area contributed by atoms with Crippen molar-refractivity contribution in [2.75, 3.05) is 28.4 Å². The lowest BCUT2D eigenvalue weighted by Gasteiger charge is -2.15. The van der Waals surface area contributed by atoms with Gasteiger partial charge in [0.05, 0.1) is 27.0 Å². The lowest BCUT2D eigenvalue weighted by Crippen LogP contribution is -2.19. The molecule has 0 unspecified atom stereocenters. The number of benzene rings is 1. The van der Waals surface area contributed by atoms with Gasteiger partial charge in [-0.15, -0.1) is 0 Å². The molecule has 6 heteroatoms. The zero-order valence-corrected chi connectivity index (χ0v) is 13.0. The molecule has 0 aliphatic heterocycles. The van der Waals surface area contributed by atoms with Crippen LogP contribution in [0, 0.1) is 0 Å². The highest BCUT2D eigenvalue weighted by atomic mass is 16.5. The molecule has 2 aromatic rings. The minimum Gasteiger partial charge on any atom is -0.493 e. The number of amides is 1. The third-order valence-corrected chi connectivity index (χ3v) is 3.19. The second kappa shape index (κ2) is 6.80. The van der Waals surface area contributed by atoms with E-state index < -0.39 is 0 Å². The number of aromatic nitrogens is 1. The highest BCUT2D eigenvalue weighted by molar-refractivity contribution is 5.92. The van der Waals surface area contributed by atoms with Gasteiger partial charge in [-0.25, -0.2) is 4.98 Å². The van der Waals surface area contributed by atoms with Crippen LogP contribution in [0.1, 0.15) is 10.5 Å². The predicted octanol–water partition coefficient (Wildman–Crippen LogP) is 2.13. The van der Waals surface area contributed by atoms with Crippen LogP contribution in [0.3, 0.4) is 0 Å². The van der Waals surface area contributed by atoms with Gasteiger partial charge >= 0.3 is 0 Å². The topological polar surface area (TPSA) is 69.7 Å². The van der Waals surface area contributed by atoms with E-state index in [1.165, 1.54) is 0 Å². The van der Waals surface area contributed by atoms with E-state index in [-0.39, 0.29) is 5.91 Å². The molecule has 1 aromatic heterocycles. The van der Waals surface area contributed by atoms with E-state index in [1.807, 2.05) is 6.07 Å². The minimum atomic E-state index is -0.249. The van der Waals surface area contributed by atoms with Crippen molar-refractivity contribution in [1.82, 2.24) is 10.3 Å². The molecule has 0 spiro atoms. The molecule has 2 rings (SSSR count). The van der Waals surface area contributed by atoms with Crippen molar-refractivity contribution in [1.29, 1.82) is 0 Å². The summed E-state index contributed by atoms with van der Waals surface area (Å²) < 4.78 is 16.1. The molecule has 116 valence electrons. The van der Waals surface area contributed by atoms with Crippen molar-refractivity contribution in [2.24, 2.45) is 0 Å². The second-order valence-corrected chi connectivity index (χ2v) is 4.37. The fourth-order valence-electron chi connectivity index (χ4n) is 2.14. The lowest BCUT2D eigenvalue weighted by molar-refractivity contribution is 0.0958. The van der Waals surface area contributed by atoms with Gasteiger partial charge < -0.3 is 19.5 Å². The second-order valence-electron chi connectivity index (χ2n) is 4.37. The molecule has 0 radical (unpaired) electrons. The van der Waals surface area contributed by atoms with Crippen molar-refractivity contribution >= 4 is 5.91 Å². The Hall–Kier alpha value is -2.76. The van der Waals surface area contributed by atoms with Crippen LogP contribution in [0.25, 0.3) is 11.3 Å². The SMILES string of the molecule is CNC(=O)c1cccc(-c2ccc(OC)c(OC)c2OC)n1. The van der Waals surface area contributed by atoms with Crippen molar-refractivity contribution in [2.45, 2.75) is 0 Å². The van der Waals surface area contributed by atoms with Crippen LogP contribution in [0.4, 0.5) is 0 Å². The summed E-state index contributed by atoms with van der Waals surface area (Å²) >= 11 is 0. The van der Waals surface area contributed by atoms with E-state index in [2.05, 4.69) is 10.3 Å². The van der Waals surface area contributed by atoms with Crippen LogP contribution in [-0.4, -0.2) is 39.3 Å². The van der Waals surface area contributed by atoms with E-state index in [9.17, 15) is 4.79 Å². The summed E-state index contributed by atoms with van der Waals surface area (Å²) in [6.45, 7) is 0. The number of rotatable bonds is 5. The first kappa shape index (κ1) is 15.6. The molecule has 0 aliphatic carbocycles. The van der Waals surface area contributed by atoms with Crippen molar-refractivity contribution in [3.05, 3.63) is 36.0 Å². The third-order valence-electron chi connectivity index (χ3n) is 3.19. The van der Waals surface area contributed by atoms with Crippen molar-refractivity contribution in [3.8, 4) is 28.5 Å². The summed E-state index contributed by atoms with van der Waals surface area (Å²) in [4.78, 5) is 16.1. The van der Waals surface area contributed by atoms with E-state index >= 15 is 0 Å². The summed E-state index contributed by atoms with van der Waals surface area (Å²) in [5.41, 5.74) is 1.65. The average molecular weight is 302 g/mol. The first-order valence-corrected chi connectivity index (χ1v) is 6.64. The number of nitrogens with zero attached hydrogens (tertiary/aromatic N) is 1. The molecule has 1 heterocycles. The third kappa shape index (κ3) is 2.81. The maximum Gasteiger partial charge on any atom is 0.269 e. The Kier molecular flexibility index (Phi) is 4.83. The lowest BCUT2D eigenvalue weighted by atomic mass is 10.1. The maximum absolute atomic E-state index is 11.7. The molecule has 0 atom stereocenters. The van der Waals surface area contributed by atoms with Crippen molar-refractivity contribution < 1.29 is 19.0 Å². The van der Waals surface area contributed by atoms with Gasteiger partial charge in [0.1, 0.15) is 5.69 Å². The number of hydrogen-bond donors (Lipinski definition) is 1. The number of nitrogens with one attached hydrogen (secondary N) is 1. The molecule has 1 amide bonds. The Morgan fingerprint density at radius 2 is 1.73 bits per heavy atom. The first-order chi connectivity index (χ1) is 10.7. The molecular weight excluding hydrogens is 284 g/mol. The summed E-state index contributed by atoms with van der Waals surface area (Å²) in [6, 6.07) is 8.80. The predicted molar refractivity (Wildman–Crippen MR) is 82.7 cm³/mol. The molecule has 1 aromatic carbocycles. The van der Waals surface area contributed by atoms with Crippen LogP contribution >= 0.6 is 0 Å². The van der Waals surface area contributed by atoms with Gasteiger partial charge in [-0.1, -0.05) is 6.07 Å². The zero-order chi connectivity index (χ0) is 16.1. The average Bonchev–Trinajstić information content (AvgIpc) is 2.59. The van der Waals surface area contributed by atoms with Gasteiger partial charge in [0.25, 0.3) is 5.91 Å². The molecular formula is C16H18N2O4. The minimum absolute atomic E-state index is 0.249. The summed E-state index contributed by atoms with van der Waals surface area (Å²) in [5.74, 6) is 1.30. The van der Waals surface area contributed by atoms with E-state index in [1.54, 1.807) is 52.6 Å². The quantitative estimate of drug-likeness (QED) is 0.916. The summed E-state index contributed by atoms with van der Waals surface area (Å²) in [7, 11) is 6.21. The number of hydrogen-bond acceptors (Lipinski definition) is 5. The standard InChI is InChI=1S/C16H18N2O4/c1-17-16(19)12-7-5-6-11(18-12)10-8-9-13(20-2)15(22-4)14(10)21-3/h5-9H,1-4H3,(H,17,19). The van der Waals surface area contributed by atoms with Crippen LogP contribution in [0.2, 0.25) is 0 Å². The monoisotopic (exact) mass is 302 g/mol. The fraction of sp³-hybridized carbons (Fsp3) is 0.250. The van der Waals surface area contributed by atoms with Crippen LogP contribution in [-0.2, 0) is 0 Å². The molecule has 0 bridgehead atoms. The summed E-state index contributed by atoms with van der Waals surface area (Å²) in [6.07, 6.45) is 0. The van der Waals surface area contributed by atoms with Gasteiger partial charge in [-0.05, 0) is 24.3 Å². The molecule has 6 nitrogen and oxygen atoms in total. The van der Waals surface area contributed by atoms with Crippen LogP contribution < -0.4 is 19.5 Å². The molecule has 0 saturated carbocycles. The number of carbonyl (C=O) groups excluding carboxylic acids is 1. The van der Waals surface area contributed by atoms with Gasteiger partial charge in [0.2, 0.25) is 5.75 Å². The van der Waals surface area contributed by atoms with E-state index in [0.717, 1.165) is 0 Å². The van der Waals surface area contributed by atoms with Gasteiger partial charge in [-0.2, -0.15) is 0 Å². The number of methoxy groups -OCH3 is 3. The Labute approximate surface area is 129 Å². The zero-order valence-electron chi connectivity index (χ0n) is 13.0. The van der Waals surface area contributed by atoms with Crippen molar-refractivity contribution in [3.63, 3.8) is 0 Å². The molecule has 1 N–H and O–H groups in total. The Morgan fingerprint density at radius 1 is 1.00 bits per heavy atom. The number of pyridine rings is 1. The van der Waals surface area contributed by atoms with Crippen LogP contribution in [0.5, 0.6) is 17.2 Å². The van der Waals surface area contributed by atoms with Gasteiger partial charge in [-0.3, -0.25) is 4.79 Å². The first-order valence-electron chi connectivity index (χ1n) is 6.64. The molecule has 0 saturated heterocycles.